The Morgan fingerprint density at radius 1 is 0.889 bits per heavy atom. The van der Waals surface area contributed by atoms with Crippen LogP contribution in [0, 0.1) is 5.82 Å². The van der Waals surface area contributed by atoms with E-state index in [0.29, 0.717) is 15.7 Å². The lowest BCUT2D eigenvalue weighted by molar-refractivity contribution is 0.0946. The third-order valence-electron chi connectivity index (χ3n) is 3.85. The molecule has 2 amide bonds. The first kappa shape index (κ1) is 18.8. The van der Waals surface area contributed by atoms with E-state index in [9.17, 15) is 14.0 Å². The average Bonchev–Trinajstić information content (AvgIpc) is 2.67. The first-order chi connectivity index (χ1) is 13.0. The maximum absolute atomic E-state index is 13.9. The Morgan fingerprint density at radius 2 is 1.67 bits per heavy atom. The second kappa shape index (κ2) is 8.60. The number of rotatable bonds is 5. The summed E-state index contributed by atoms with van der Waals surface area (Å²) in [4.78, 5) is 24.5. The molecule has 0 bridgehead atoms. The van der Waals surface area contributed by atoms with Crippen molar-refractivity contribution in [3.63, 3.8) is 0 Å². The molecule has 0 radical (unpaired) electrons. The van der Waals surface area contributed by atoms with Crippen LogP contribution in [-0.2, 0) is 6.54 Å². The highest BCUT2D eigenvalue weighted by Crippen LogP contribution is 2.15. The number of amides is 2. The Balaban J connectivity index is 1.65. The average molecular weight is 427 g/mol. The molecule has 0 aliphatic rings. The van der Waals surface area contributed by atoms with Gasteiger partial charge in [0.05, 0.1) is 5.56 Å². The van der Waals surface area contributed by atoms with Crippen molar-refractivity contribution in [3.05, 3.63) is 99.8 Å². The Hall–Kier alpha value is -2.99. The second-order valence-corrected chi connectivity index (χ2v) is 6.74. The molecule has 6 heteroatoms. The molecule has 0 saturated carbocycles. The number of hydrogen-bond donors (Lipinski definition) is 2. The van der Waals surface area contributed by atoms with Gasteiger partial charge in [-0.2, -0.15) is 0 Å². The quantitative estimate of drug-likeness (QED) is 0.617. The van der Waals surface area contributed by atoms with Crippen molar-refractivity contribution < 1.29 is 14.0 Å². The Labute approximate surface area is 164 Å². The molecule has 3 aromatic carbocycles. The Bertz CT molecular complexity index is 977. The number of anilines is 1. The van der Waals surface area contributed by atoms with Gasteiger partial charge in [0.25, 0.3) is 11.8 Å². The van der Waals surface area contributed by atoms with Crippen LogP contribution in [-0.4, -0.2) is 11.8 Å². The molecule has 0 fully saturated rings. The van der Waals surface area contributed by atoms with Crippen molar-refractivity contribution >= 4 is 33.4 Å². The molecule has 0 aliphatic heterocycles. The van der Waals surface area contributed by atoms with E-state index < -0.39 is 11.7 Å². The van der Waals surface area contributed by atoms with E-state index in [1.54, 1.807) is 42.5 Å². The lowest BCUT2D eigenvalue weighted by Crippen LogP contribution is -2.24. The molecule has 0 aromatic heterocycles. The fraction of sp³-hybridized carbons (Fsp3) is 0.0476. The molecule has 0 saturated heterocycles. The van der Waals surface area contributed by atoms with E-state index in [4.69, 9.17) is 0 Å². The summed E-state index contributed by atoms with van der Waals surface area (Å²) in [6, 6.07) is 20.3. The van der Waals surface area contributed by atoms with E-state index in [2.05, 4.69) is 26.6 Å². The number of carbonyl (C=O) groups excluding carboxylic acids is 2. The maximum atomic E-state index is 13.9. The van der Waals surface area contributed by atoms with E-state index in [-0.39, 0.29) is 18.0 Å². The van der Waals surface area contributed by atoms with Crippen molar-refractivity contribution in [2.75, 3.05) is 5.32 Å². The van der Waals surface area contributed by atoms with Gasteiger partial charge in [0.15, 0.2) is 0 Å². The third-order valence-corrected chi connectivity index (χ3v) is 4.34. The zero-order valence-electron chi connectivity index (χ0n) is 14.2. The van der Waals surface area contributed by atoms with E-state index in [1.165, 1.54) is 12.1 Å². The van der Waals surface area contributed by atoms with Crippen LogP contribution in [0.1, 0.15) is 26.3 Å². The molecule has 3 rings (SSSR count). The fourth-order valence-corrected chi connectivity index (χ4v) is 2.83. The number of hydrogen-bond acceptors (Lipinski definition) is 2. The summed E-state index contributed by atoms with van der Waals surface area (Å²) in [7, 11) is 0. The summed E-state index contributed by atoms with van der Waals surface area (Å²) in [6.45, 7) is 0.181. The summed E-state index contributed by atoms with van der Waals surface area (Å²) < 4.78 is 14.4. The minimum atomic E-state index is -0.599. The number of benzene rings is 3. The van der Waals surface area contributed by atoms with Crippen molar-refractivity contribution in [2.24, 2.45) is 0 Å². The van der Waals surface area contributed by atoms with Gasteiger partial charge in [0.2, 0.25) is 0 Å². The number of nitrogens with one attached hydrogen (secondary N) is 2. The molecule has 0 spiro atoms. The minimum absolute atomic E-state index is 0.0313. The first-order valence-corrected chi connectivity index (χ1v) is 9.01. The SMILES string of the molecule is O=C(Nc1ccccc1)c1cccc(CNC(=O)c2ccc(Br)cc2F)c1. The van der Waals surface area contributed by atoms with E-state index in [1.807, 2.05) is 18.2 Å². The molecule has 3 aromatic rings. The first-order valence-electron chi connectivity index (χ1n) is 8.21. The van der Waals surface area contributed by atoms with Gasteiger partial charge < -0.3 is 10.6 Å². The largest absolute Gasteiger partial charge is 0.348 e. The lowest BCUT2D eigenvalue weighted by atomic mass is 10.1. The molecular formula is C21H16BrFN2O2. The topological polar surface area (TPSA) is 58.2 Å². The van der Waals surface area contributed by atoms with Crippen molar-refractivity contribution in [1.82, 2.24) is 5.32 Å². The Morgan fingerprint density at radius 3 is 2.41 bits per heavy atom. The van der Waals surface area contributed by atoms with Crippen LogP contribution in [0.15, 0.2) is 77.3 Å². The number of carbonyl (C=O) groups is 2. The summed E-state index contributed by atoms with van der Waals surface area (Å²) in [5.74, 6) is -1.36. The van der Waals surface area contributed by atoms with Crippen LogP contribution < -0.4 is 10.6 Å². The molecule has 2 N–H and O–H groups in total. The van der Waals surface area contributed by atoms with Crippen LogP contribution in [0.25, 0.3) is 0 Å². The smallest absolute Gasteiger partial charge is 0.255 e. The monoisotopic (exact) mass is 426 g/mol. The van der Waals surface area contributed by atoms with Gasteiger partial charge >= 0.3 is 0 Å². The zero-order valence-corrected chi connectivity index (χ0v) is 15.8. The van der Waals surface area contributed by atoms with E-state index in [0.717, 1.165) is 5.56 Å². The minimum Gasteiger partial charge on any atom is -0.348 e. The zero-order chi connectivity index (χ0) is 19.2. The lowest BCUT2D eigenvalue weighted by Gasteiger charge is -2.09. The maximum Gasteiger partial charge on any atom is 0.255 e. The summed E-state index contributed by atoms with van der Waals surface area (Å²) in [5.41, 5.74) is 1.88. The van der Waals surface area contributed by atoms with Crippen LogP contribution in [0.4, 0.5) is 10.1 Å². The van der Waals surface area contributed by atoms with Gasteiger partial charge in [-0.1, -0.05) is 46.3 Å². The summed E-state index contributed by atoms with van der Waals surface area (Å²) >= 11 is 3.16. The molecule has 27 heavy (non-hydrogen) atoms. The van der Waals surface area contributed by atoms with Crippen molar-refractivity contribution in [1.29, 1.82) is 0 Å². The third kappa shape index (κ3) is 5.01. The van der Waals surface area contributed by atoms with Crippen LogP contribution in [0.3, 0.4) is 0 Å². The molecule has 0 unspecified atom stereocenters. The Kier molecular flexibility index (Phi) is 5.98. The predicted molar refractivity (Wildman–Crippen MR) is 106 cm³/mol. The predicted octanol–water partition coefficient (Wildman–Crippen LogP) is 4.77. The summed E-state index contributed by atoms with van der Waals surface area (Å²) in [6.07, 6.45) is 0. The highest BCUT2D eigenvalue weighted by Gasteiger charge is 2.12. The molecule has 136 valence electrons. The van der Waals surface area contributed by atoms with Crippen LogP contribution in [0.2, 0.25) is 0 Å². The normalized spacial score (nSPS) is 10.3. The summed E-state index contributed by atoms with van der Waals surface area (Å²) in [5, 5.41) is 5.47. The fourth-order valence-electron chi connectivity index (χ4n) is 2.50. The highest BCUT2D eigenvalue weighted by atomic mass is 79.9. The van der Waals surface area contributed by atoms with Gasteiger partial charge in [-0.25, -0.2) is 4.39 Å². The molecular weight excluding hydrogens is 411 g/mol. The standard InChI is InChI=1S/C21H16BrFN2O2/c22-16-9-10-18(19(23)12-16)21(27)24-13-14-5-4-6-15(11-14)20(26)25-17-7-2-1-3-8-17/h1-12H,13H2,(H,24,27)(H,25,26). The second-order valence-electron chi connectivity index (χ2n) is 5.83. The van der Waals surface area contributed by atoms with Crippen LogP contribution in [0.5, 0.6) is 0 Å². The number of halogens is 2. The molecule has 0 aliphatic carbocycles. The highest BCUT2D eigenvalue weighted by molar-refractivity contribution is 9.10. The number of para-hydroxylation sites is 1. The molecule has 0 heterocycles. The molecule has 4 nitrogen and oxygen atoms in total. The van der Waals surface area contributed by atoms with Gasteiger partial charge in [-0.3, -0.25) is 9.59 Å². The van der Waals surface area contributed by atoms with Crippen LogP contribution >= 0.6 is 15.9 Å². The van der Waals surface area contributed by atoms with Gasteiger partial charge in [-0.15, -0.1) is 0 Å². The van der Waals surface area contributed by atoms with E-state index >= 15 is 0 Å². The van der Waals surface area contributed by atoms with Crippen molar-refractivity contribution in [3.8, 4) is 0 Å². The van der Waals surface area contributed by atoms with Crippen molar-refractivity contribution in [2.45, 2.75) is 6.54 Å². The van der Waals surface area contributed by atoms with Gasteiger partial charge in [0.1, 0.15) is 5.82 Å². The van der Waals surface area contributed by atoms with Gasteiger partial charge in [0, 0.05) is 22.3 Å². The molecule has 0 atom stereocenters. The van der Waals surface area contributed by atoms with Gasteiger partial charge in [-0.05, 0) is 48.0 Å².